The highest BCUT2D eigenvalue weighted by molar-refractivity contribution is 6.19. The SMILES string of the molecule is CC1(c2cccc(-c3ccccc3)c2)c2cccc3c2-c2c1ccc1c4ccc(N(c5cc(-c6ccccc6)cc(-c6ccccc6)c5)c5ccccc5-n5c6ccccc6c6ccccc65)cc4n(c21)-c1ccccc1-3. The lowest BCUT2D eigenvalue weighted by Crippen LogP contribution is -2.22. The number of fused-ring (bicyclic) bond motifs is 9. The Morgan fingerprint density at radius 3 is 1.55 bits per heavy atom. The van der Waals surface area contributed by atoms with Crippen molar-refractivity contribution in [3.05, 3.63) is 296 Å². The molecule has 3 heteroatoms. The number of hydrogen-bond acceptors (Lipinski definition) is 1. The molecule has 0 spiro atoms. The highest BCUT2D eigenvalue weighted by Crippen LogP contribution is 2.60. The van der Waals surface area contributed by atoms with Crippen LogP contribution in [0.2, 0.25) is 0 Å². The van der Waals surface area contributed by atoms with Crippen molar-refractivity contribution in [3.8, 4) is 67.0 Å². The topological polar surface area (TPSA) is 13.1 Å². The van der Waals surface area contributed by atoms with Crippen LogP contribution in [-0.4, -0.2) is 9.13 Å². The van der Waals surface area contributed by atoms with Crippen LogP contribution in [0.15, 0.2) is 279 Å². The maximum Gasteiger partial charge on any atom is 0.0702 e. The van der Waals surface area contributed by atoms with Crippen LogP contribution in [0.4, 0.5) is 17.1 Å². The van der Waals surface area contributed by atoms with Crippen molar-refractivity contribution in [1.29, 1.82) is 0 Å². The van der Waals surface area contributed by atoms with E-state index in [0.29, 0.717) is 0 Å². The number of aromatic nitrogens is 2. The van der Waals surface area contributed by atoms with Gasteiger partial charge >= 0.3 is 0 Å². The van der Waals surface area contributed by atoms with Gasteiger partial charge in [-0.2, -0.15) is 0 Å². The van der Waals surface area contributed by atoms with Crippen molar-refractivity contribution in [2.75, 3.05) is 4.90 Å². The van der Waals surface area contributed by atoms with Crippen LogP contribution in [-0.2, 0) is 5.41 Å². The van der Waals surface area contributed by atoms with Gasteiger partial charge in [-0.1, -0.05) is 212 Å². The molecule has 0 bridgehead atoms. The number of rotatable bonds is 8. The summed E-state index contributed by atoms with van der Waals surface area (Å²) >= 11 is 0. The first-order valence-corrected chi connectivity index (χ1v) is 26.8. The average molecular weight is 980 g/mol. The number of nitrogens with zero attached hydrogens (tertiary/aromatic N) is 3. The van der Waals surface area contributed by atoms with Gasteiger partial charge in [-0.3, -0.25) is 0 Å². The minimum atomic E-state index is -0.411. The molecule has 3 heterocycles. The van der Waals surface area contributed by atoms with Crippen molar-refractivity contribution < 1.29 is 0 Å². The number of para-hydroxylation sites is 5. The van der Waals surface area contributed by atoms with E-state index in [4.69, 9.17) is 0 Å². The number of hydrogen-bond donors (Lipinski definition) is 0. The predicted molar refractivity (Wildman–Crippen MR) is 323 cm³/mol. The fraction of sp³-hybridized carbons (Fsp3) is 0.0270. The molecule has 2 aliphatic rings. The van der Waals surface area contributed by atoms with Crippen molar-refractivity contribution in [2.24, 2.45) is 0 Å². The average Bonchev–Trinajstić information content (AvgIpc) is 4.30. The molecule has 1 aliphatic heterocycles. The van der Waals surface area contributed by atoms with Crippen LogP contribution in [0.5, 0.6) is 0 Å². The van der Waals surface area contributed by atoms with Gasteiger partial charge in [0.1, 0.15) is 0 Å². The zero-order valence-electron chi connectivity index (χ0n) is 42.4. The first-order chi connectivity index (χ1) is 38.1. The molecule has 1 aliphatic carbocycles. The zero-order chi connectivity index (χ0) is 50.8. The summed E-state index contributed by atoms with van der Waals surface area (Å²) in [6.07, 6.45) is 0. The maximum atomic E-state index is 2.60. The van der Waals surface area contributed by atoms with E-state index in [-0.39, 0.29) is 0 Å². The summed E-state index contributed by atoms with van der Waals surface area (Å²) in [7, 11) is 0. The summed E-state index contributed by atoms with van der Waals surface area (Å²) in [5.41, 5.74) is 26.0. The van der Waals surface area contributed by atoms with E-state index in [9.17, 15) is 0 Å². The third-order valence-electron chi connectivity index (χ3n) is 16.9. The Morgan fingerprint density at radius 2 is 0.844 bits per heavy atom. The summed E-state index contributed by atoms with van der Waals surface area (Å²) < 4.78 is 5.07. The first kappa shape index (κ1) is 43.4. The summed E-state index contributed by atoms with van der Waals surface area (Å²) in [5, 5.41) is 4.93. The van der Waals surface area contributed by atoms with Gasteiger partial charge in [0.25, 0.3) is 0 Å². The largest absolute Gasteiger partial charge is 0.308 e. The molecule has 0 radical (unpaired) electrons. The molecule has 2 aromatic heterocycles. The molecular weight excluding hydrogens is 931 g/mol. The van der Waals surface area contributed by atoms with Crippen LogP contribution >= 0.6 is 0 Å². The van der Waals surface area contributed by atoms with Gasteiger partial charge in [0.15, 0.2) is 0 Å². The van der Waals surface area contributed by atoms with Crippen LogP contribution in [0, 0.1) is 0 Å². The molecule has 14 aromatic rings. The van der Waals surface area contributed by atoms with E-state index in [1.54, 1.807) is 0 Å². The van der Waals surface area contributed by atoms with Crippen LogP contribution in [0.25, 0.3) is 111 Å². The first-order valence-electron chi connectivity index (χ1n) is 26.8. The second kappa shape index (κ2) is 16.8. The molecule has 0 N–H and O–H groups in total. The lowest BCUT2D eigenvalue weighted by Gasteiger charge is -2.30. The Labute approximate surface area is 447 Å². The molecule has 0 saturated carbocycles. The molecule has 16 rings (SSSR count). The van der Waals surface area contributed by atoms with Gasteiger partial charge in [-0.15, -0.1) is 0 Å². The number of anilines is 3. The van der Waals surface area contributed by atoms with Gasteiger partial charge in [-0.25, -0.2) is 0 Å². The van der Waals surface area contributed by atoms with Gasteiger partial charge in [-0.05, 0) is 135 Å². The zero-order valence-corrected chi connectivity index (χ0v) is 42.4. The Hall–Kier alpha value is -9.96. The van der Waals surface area contributed by atoms with E-state index in [1.807, 2.05) is 0 Å². The molecular formula is C74H49N3. The lowest BCUT2D eigenvalue weighted by molar-refractivity contribution is 0.714. The molecule has 12 aromatic carbocycles. The fourth-order valence-corrected chi connectivity index (χ4v) is 13.4. The molecule has 77 heavy (non-hydrogen) atoms. The second-order valence-electron chi connectivity index (χ2n) is 20.9. The summed E-state index contributed by atoms with van der Waals surface area (Å²) in [6, 6.07) is 104. The Balaban J connectivity index is 0.993. The van der Waals surface area contributed by atoms with Crippen LogP contribution in [0.3, 0.4) is 0 Å². The third kappa shape index (κ3) is 6.38. The van der Waals surface area contributed by atoms with Gasteiger partial charge in [0, 0.05) is 49.5 Å². The monoisotopic (exact) mass is 979 g/mol. The fourth-order valence-electron chi connectivity index (χ4n) is 13.4. The van der Waals surface area contributed by atoms with E-state index >= 15 is 0 Å². The standard InChI is InChI=1S/C74H49N3/c1-74(54-28-19-27-51(44-54)48-21-5-2-6-22-48)63-33-20-32-61-59-31-13-16-36-67(59)77-70-47-55(39-40-60(70)62-41-42-64(74)72(71(61)63)73(62)77)75(56-45-52(49-23-7-3-8-24-49)43-53(46-56)50-25-9-4-10-26-50)68-37-17-18-38-69(68)76-65-34-14-11-29-57(65)58-30-12-15-35-66(58)76/h2-47H,1H3. The number of benzene rings is 12. The molecule has 0 saturated heterocycles. The maximum absolute atomic E-state index is 2.60. The van der Waals surface area contributed by atoms with E-state index in [1.165, 1.54) is 105 Å². The van der Waals surface area contributed by atoms with E-state index in [0.717, 1.165) is 39.4 Å². The quantitative estimate of drug-likeness (QED) is 0.148. The second-order valence-corrected chi connectivity index (χ2v) is 20.9. The van der Waals surface area contributed by atoms with Crippen molar-refractivity contribution in [2.45, 2.75) is 12.3 Å². The van der Waals surface area contributed by atoms with E-state index < -0.39 is 5.41 Å². The summed E-state index contributed by atoms with van der Waals surface area (Å²) in [5.74, 6) is 0. The minimum absolute atomic E-state index is 0.411. The highest BCUT2D eigenvalue weighted by Gasteiger charge is 2.45. The van der Waals surface area contributed by atoms with Gasteiger partial charge in [0.2, 0.25) is 0 Å². The van der Waals surface area contributed by atoms with Gasteiger partial charge < -0.3 is 14.0 Å². The Bertz CT molecular complexity index is 4590. The molecule has 360 valence electrons. The highest BCUT2D eigenvalue weighted by atomic mass is 15.2. The third-order valence-corrected chi connectivity index (χ3v) is 16.9. The normalized spacial score (nSPS) is 14.1. The lowest BCUT2D eigenvalue weighted by atomic mass is 9.73. The molecule has 0 fully saturated rings. The molecule has 0 amide bonds. The smallest absolute Gasteiger partial charge is 0.0702 e. The summed E-state index contributed by atoms with van der Waals surface area (Å²) in [6.45, 7) is 2.45. The predicted octanol–water partition coefficient (Wildman–Crippen LogP) is 19.7. The van der Waals surface area contributed by atoms with E-state index in [2.05, 4.69) is 300 Å². The molecule has 1 unspecified atom stereocenters. The van der Waals surface area contributed by atoms with Gasteiger partial charge in [0.05, 0.1) is 39.1 Å². The van der Waals surface area contributed by atoms with Crippen LogP contribution in [0.1, 0.15) is 23.6 Å². The molecule has 3 nitrogen and oxygen atoms in total. The van der Waals surface area contributed by atoms with Crippen LogP contribution < -0.4 is 4.90 Å². The Morgan fingerprint density at radius 1 is 0.312 bits per heavy atom. The Kier molecular flexibility index (Phi) is 9.47. The summed E-state index contributed by atoms with van der Waals surface area (Å²) in [4.78, 5) is 2.51. The van der Waals surface area contributed by atoms with Crippen molar-refractivity contribution in [3.63, 3.8) is 0 Å². The van der Waals surface area contributed by atoms with Crippen molar-refractivity contribution >= 4 is 60.7 Å². The van der Waals surface area contributed by atoms with Crippen molar-refractivity contribution in [1.82, 2.24) is 9.13 Å². The minimum Gasteiger partial charge on any atom is -0.308 e. The molecule has 1 atom stereocenters.